The van der Waals surface area contributed by atoms with Crippen molar-refractivity contribution in [2.24, 2.45) is 0 Å². The van der Waals surface area contributed by atoms with Crippen LogP contribution < -0.4 is 0 Å². The van der Waals surface area contributed by atoms with Gasteiger partial charge in [0.05, 0.1) is 0 Å². The molecular weight excluding hydrogens is 793 g/mol. The van der Waals surface area contributed by atoms with E-state index in [0.29, 0.717) is 0 Å². The van der Waals surface area contributed by atoms with Crippen LogP contribution in [0.15, 0.2) is 133 Å². The predicted molar refractivity (Wildman–Crippen MR) is 291 cm³/mol. The molecule has 324 valence electrons. The van der Waals surface area contributed by atoms with E-state index in [1.807, 2.05) is 0 Å². The Bertz CT molecular complexity index is 3530. The van der Waals surface area contributed by atoms with E-state index in [-0.39, 0.29) is 21.7 Å². The topological polar surface area (TPSA) is 0 Å². The second kappa shape index (κ2) is 14.8. The molecule has 0 atom stereocenters. The summed E-state index contributed by atoms with van der Waals surface area (Å²) in [4.78, 5) is 0. The molecule has 0 aliphatic rings. The molecule has 66 heavy (non-hydrogen) atoms. The molecule has 0 spiro atoms. The summed E-state index contributed by atoms with van der Waals surface area (Å²) >= 11 is 0. The zero-order valence-electron chi connectivity index (χ0n) is 40.9. The molecule has 0 aliphatic heterocycles. The molecule has 0 radical (unpaired) electrons. The highest BCUT2D eigenvalue weighted by Crippen LogP contribution is 2.52. The van der Waals surface area contributed by atoms with Gasteiger partial charge in [0.2, 0.25) is 0 Å². The second-order valence-electron chi connectivity index (χ2n) is 22.9. The molecule has 0 nitrogen and oxygen atoms in total. The quantitative estimate of drug-likeness (QED) is 0.120. The van der Waals surface area contributed by atoms with E-state index in [4.69, 9.17) is 12.8 Å². The summed E-state index contributed by atoms with van der Waals surface area (Å²) in [5.41, 5.74) is 11.2. The largest absolute Gasteiger partial charge is 0.115 e. The van der Waals surface area contributed by atoms with Gasteiger partial charge in [-0.1, -0.05) is 180 Å². The van der Waals surface area contributed by atoms with Crippen molar-refractivity contribution in [2.75, 3.05) is 0 Å². The first-order valence-electron chi connectivity index (χ1n) is 23.6. The lowest BCUT2D eigenvalue weighted by molar-refractivity contribution is 0.590. The van der Waals surface area contributed by atoms with E-state index in [1.165, 1.54) is 97.7 Å². The third kappa shape index (κ3) is 6.77. The van der Waals surface area contributed by atoms with Gasteiger partial charge in [-0.2, -0.15) is 0 Å². The van der Waals surface area contributed by atoms with Crippen molar-refractivity contribution in [1.29, 1.82) is 0 Å². The molecule has 10 aromatic rings. The lowest BCUT2D eigenvalue weighted by Crippen LogP contribution is -2.11. The summed E-state index contributed by atoms with van der Waals surface area (Å²) in [6.07, 6.45) is 12.7. The van der Waals surface area contributed by atoms with Crippen LogP contribution in [0.2, 0.25) is 0 Å². The highest BCUT2D eigenvalue weighted by atomic mass is 14.3. The van der Waals surface area contributed by atoms with Gasteiger partial charge in [0.25, 0.3) is 0 Å². The summed E-state index contributed by atoms with van der Waals surface area (Å²) in [5.74, 6) is 6.17. The van der Waals surface area contributed by atoms with Gasteiger partial charge >= 0.3 is 0 Å². The van der Waals surface area contributed by atoms with Crippen molar-refractivity contribution in [3.8, 4) is 46.9 Å². The standard InChI is InChI=1S/C66H60/c1-15-39-25-27-41(63(3,4)5)33-51(39)55-37-57-53-35-43(65(9,10)11)29-31-49(53)62-60-48-24-20-18-22-46(48)56(52-34-42(64(6,7)8)28-26-40(52)16-2)38-58(60)54-36-44(66(12,13)14)30-32-50(54)61(62)59(57)47-23-19-17-21-45(47)55/h1-2,17-38H,3-14H3. The Morgan fingerprint density at radius 2 is 0.576 bits per heavy atom. The van der Waals surface area contributed by atoms with Crippen LogP contribution in [0.25, 0.3) is 97.7 Å². The monoisotopic (exact) mass is 852 g/mol. The minimum Gasteiger partial charge on any atom is -0.115 e. The van der Waals surface area contributed by atoms with Crippen LogP contribution in [-0.4, -0.2) is 0 Å². The molecule has 0 aromatic heterocycles. The van der Waals surface area contributed by atoms with Gasteiger partial charge < -0.3 is 0 Å². The Labute approximate surface area is 392 Å². The molecule has 0 heteroatoms. The molecule has 10 aromatic carbocycles. The van der Waals surface area contributed by atoms with Crippen LogP contribution in [0.5, 0.6) is 0 Å². The van der Waals surface area contributed by atoms with E-state index in [2.05, 4.69) is 228 Å². The minimum atomic E-state index is -0.0699. The molecule has 0 amide bonds. The van der Waals surface area contributed by atoms with E-state index in [9.17, 15) is 0 Å². The minimum absolute atomic E-state index is 0.0503. The normalized spacial score (nSPS) is 12.8. The van der Waals surface area contributed by atoms with Crippen molar-refractivity contribution in [2.45, 2.75) is 105 Å². The van der Waals surface area contributed by atoms with Gasteiger partial charge in [0.1, 0.15) is 0 Å². The van der Waals surface area contributed by atoms with Crippen LogP contribution in [-0.2, 0) is 21.7 Å². The number of hydrogen-bond donors (Lipinski definition) is 0. The molecule has 0 saturated carbocycles. The Hall–Kier alpha value is -6.86. The van der Waals surface area contributed by atoms with Crippen molar-refractivity contribution < 1.29 is 0 Å². The zero-order valence-corrected chi connectivity index (χ0v) is 40.9. The molecule has 0 unspecified atom stereocenters. The molecule has 0 N–H and O–H groups in total. The van der Waals surface area contributed by atoms with E-state index in [1.54, 1.807) is 0 Å². The summed E-state index contributed by atoms with van der Waals surface area (Å²) in [7, 11) is 0. The lowest BCUT2D eigenvalue weighted by atomic mass is 9.78. The Morgan fingerprint density at radius 1 is 0.273 bits per heavy atom. The molecular formula is C66H60. The fourth-order valence-electron chi connectivity index (χ4n) is 10.6. The highest BCUT2D eigenvalue weighted by Gasteiger charge is 2.27. The molecule has 0 fully saturated rings. The van der Waals surface area contributed by atoms with Gasteiger partial charge in [-0.05, 0) is 190 Å². The predicted octanol–water partition coefficient (Wildman–Crippen LogP) is 18.2. The van der Waals surface area contributed by atoms with E-state index in [0.717, 1.165) is 33.4 Å². The maximum atomic E-state index is 6.37. The summed E-state index contributed by atoms with van der Waals surface area (Å²) in [6.45, 7) is 27.6. The Morgan fingerprint density at radius 3 is 0.909 bits per heavy atom. The molecule has 0 aliphatic carbocycles. The highest BCUT2D eigenvalue weighted by molar-refractivity contribution is 6.46. The molecule has 0 bridgehead atoms. The van der Waals surface area contributed by atoms with Crippen molar-refractivity contribution in [3.63, 3.8) is 0 Å². The zero-order chi connectivity index (χ0) is 46.8. The molecule has 0 saturated heterocycles. The Kier molecular flexibility index (Phi) is 9.67. The maximum absolute atomic E-state index is 6.37. The fourth-order valence-corrected chi connectivity index (χ4v) is 10.6. The van der Waals surface area contributed by atoms with Gasteiger partial charge in [0.15, 0.2) is 0 Å². The van der Waals surface area contributed by atoms with Crippen LogP contribution in [0, 0.1) is 24.7 Å². The summed E-state index contributed by atoms with van der Waals surface area (Å²) in [6, 6.07) is 50.9. The smallest absolute Gasteiger partial charge is 0.0321 e. The summed E-state index contributed by atoms with van der Waals surface area (Å²) < 4.78 is 0. The number of fused-ring (bicyclic) bond motifs is 15. The number of hydrogen-bond acceptors (Lipinski definition) is 0. The first-order valence-corrected chi connectivity index (χ1v) is 23.6. The average Bonchev–Trinajstić information content (AvgIpc) is 3.28. The van der Waals surface area contributed by atoms with Crippen LogP contribution in [0.3, 0.4) is 0 Å². The van der Waals surface area contributed by atoms with Gasteiger partial charge in [-0.25, -0.2) is 0 Å². The first-order chi connectivity index (χ1) is 31.2. The van der Waals surface area contributed by atoms with Gasteiger partial charge in [0, 0.05) is 11.1 Å². The first kappa shape index (κ1) is 43.1. The number of rotatable bonds is 2. The van der Waals surface area contributed by atoms with E-state index >= 15 is 0 Å². The van der Waals surface area contributed by atoms with Crippen LogP contribution in [0.1, 0.15) is 116 Å². The maximum Gasteiger partial charge on any atom is 0.0321 e. The molecule has 10 rings (SSSR count). The van der Waals surface area contributed by atoms with Crippen LogP contribution >= 0.6 is 0 Å². The third-order valence-electron chi connectivity index (χ3n) is 14.4. The van der Waals surface area contributed by atoms with Gasteiger partial charge in [-0.3, -0.25) is 0 Å². The average molecular weight is 853 g/mol. The second-order valence-corrected chi connectivity index (χ2v) is 22.9. The van der Waals surface area contributed by atoms with Crippen molar-refractivity contribution in [3.05, 3.63) is 167 Å². The number of terminal acetylenes is 2. The fraction of sp³-hybridized carbons (Fsp3) is 0.242. The van der Waals surface area contributed by atoms with Gasteiger partial charge in [-0.15, -0.1) is 12.8 Å². The van der Waals surface area contributed by atoms with Crippen molar-refractivity contribution in [1.82, 2.24) is 0 Å². The third-order valence-corrected chi connectivity index (χ3v) is 14.4. The Balaban J connectivity index is 1.51. The molecule has 0 heterocycles. The van der Waals surface area contributed by atoms with Crippen LogP contribution in [0.4, 0.5) is 0 Å². The lowest BCUT2D eigenvalue weighted by Gasteiger charge is -2.25. The summed E-state index contributed by atoms with van der Waals surface area (Å²) in [5, 5.41) is 17.4. The number of benzene rings is 10. The SMILES string of the molecule is C#Cc1ccc(C(C)(C)C)cc1-c1cc2c3cc(C(C)(C)C)ccc3c3c4c5ccccc5c(-c5cc(C(C)(C)C)ccc5C#C)cc4c4cc(C(C)(C)C)ccc4c3c2c2ccccc12. The van der Waals surface area contributed by atoms with E-state index < -0.39 is 0 Å². The van der Waals surface area contributed by atoms with Crippen molar-refractivity contribution >= 4 is 75.4 Å².